The van der Waals surface area contributed by atoms with Crippen LogP contribution in [0.5, 0.6) is 11.6 Å². The average molecular weight is 319 g/mol. The minimum absolute atomic E-state index is 0.168. The Labute approximate surface area is 133 Å². The van der Waals surface area contributed by atoms with E-state index in [1.807, 2.05) is 12.1 Å². The summed E-state index contributed by atoms with van der Waals surface area (Å²) in [6.45, 7) is 0.340. The minimum Gasteiger partial charge on any atom is -0.481 e. The Morgan fingerprint density at radius 2 is 2.36 bits per heavy atom. The van der Waals surface area contributed by atoms with Gasteiger partial charge in [-0.2, -0.15) is 0 Å². The largest absolute Gasteiger partial charge is 0.481 e. The lowest BCUT2D eigenvalue weighted by molar-refractivity contribution is -0.127. The first-order valence-electron chi connectivity index (χ1n) is 6.88. The Balaban J connectivity index is 1.62. The fraction of sp³-hybridized carbons (Fsp3) is 0.250. The topological polar surface area (TPSA) is 60.5 Å². The Morgan fingerprint density at radius 1 is 1.50 bits per heavy atom. The summed E-state index contributed by atoms with van der Waals surface area (Å²) in [6.07, 6.45) is 1.63. The maximum atomic E-state index is 12.2. The SMILES string of the molecule is COc1ncccc1CNC(=O)[C@@H]1Cc2cc(Cl)ccc2O1. The van der Waals surface area contributed by atoms with Crippen LogP contribution in [0, 0.1) is 0 Å². The van der Waals surface area contributed by atoms with Crippen LogP contribution in [-0.2, 0) is 17.8 Å². The van der Waals surface area contributed by atoms with Crippen molar-refractivity contribution in [3.8, 4) is 11.6 Å². The summed E-state index contributed by atoms with van der Waals surface area (Å²) in [5, 5.41) is 3.49. The second kappa shape index (κ2) is 6.23. The van der Waals surface area contributed by atoms with Gasteiger partial charge in [-0.25, -0.2) is 4.98 Å². The summed E-state index contributed by atoms with van der Waals surface area (Å²) < 4.78 is 10.8. The molecule has 0 aliphatic carbocycles. The predicted molar refractivity (Wildman–Crippen MR) is 82.2 cm³/mol. The predicted octanol–water partition coefficient (Wildman–Crippen LogP) is 2.36. The molecule has 1 N–H and O–H groups in total. The maximum absolute atomic E-state index is 12.2. The monoisotopic (exact) mass is 318 g/mol. The molecule has 22 heavy (non-hydrogen) atoms. The minimum atomic E-state index is -0.531. The van der Waals surface area contributed by atoms with Crippen molar-refractivity contribution in [2.75, 3.05) is 7.11 Å². The number of fused-ring (bicyclic) bond motifs is 1. The molecule has 0 saturated heterocycles. The van der Waals surface area contributed by atoms with Crippen LogP contribution < -0.4 is 14.8 Å². The first-order valence-corrected chi connectivity index (χ1v) is 7.26. The van der Waals surface area contributed by atoms with E-state index in [-0.39, 0.29) is 5.91 Å². The fourth-order valence-electron chi connectivity index (χ4n) is 2.40. The number of benzene rings is 1. The maximum Gasteiger partial charge on any atom is 0.261 e. The molecule has 1 aliphatic rings. The van der Waals surface area contributed by atoms with Gasteiger partial charge in [-0.05, 0) is 29.8 Å². The number of rotatable bonds is 4. The first kappa shape index (κ1) is 14.7. The van der Waals surface area contributed by atoms with Gasteiger partial charge >= 0.3 is 0 Å². The Kier molecular flexibility index (Phi) is 4.15. The Bertz CT molecular complexity index is 706. The zero-order valence-corrected chi connectivity index (χ0v) is 12.8. The quantitative estimate of drug-likeness (QED) is 0.940. The van der Waals surface area contributed by atoms with E-state index in [1.54, 1.807) is 31.5 Å². The summed E-state index contributed by atoms with van der Waals surface area (Å²) >= 11 is 5.95. The van der Waals surface area contributed by atoms with E-state index in [1.165, 1.54) is 0 Å². The third-order valence-corrected chi connectivity index (χ3v) is 3.72. The highest BCUT2D eigenvalue weighted by atomic mass is 35.5. The van der Waals surface area contributed by atoms with Crippen LogP contribution in [0.15, 0.2) is 36.5 Å². The highest BCUT2D eigenvalue weighted by Gasteiger charge is 2.29. The zero-order chi connectivity index (χ0) is 15.5. The number of hydrogen-bond donors (Lipinski definition) is 1. The van der Waals surface area contributed by atoms with Gasteiger partial charge in [0.25, 0.3) is 5.91 Å². The van der Waals surface area contributed by atoms with Gasteiger partial charge in [0.1, 0.15) is 5.75 Å². The van der Waals surface area contributed by atoms with Gasteiger partial charge in [-0.1, -0.05) is 17.7 Å². The number of methoxy groups -OCH3 is 1. The van der Waals surface area contributed by atoms with Crippen molar-refractivity contribution in [1.29, 1.82) is 0 Å². The van der Waals surface area contributed by atoms with Gasteiger partial charge in [0.2, 0.25) is 5.88 Å². The summed E-state index contributed by atoms with van der Waals surface area (Å²) in [5.41, 5.74) is 1.77. The molecular formula is C16H15ClN2O3. The molecule has 1 amide bonds. The lowest BCUT2D eigenvalue weighted by Gasteiger charge is -2.12. The molecule has 0 radical (unpaired) electrons. The first-order chi connectivity index (χ1) is 10.7. The number of halogens is 1. The summed E-state index contributed by atoms with van der Waals surface area (Å²) in [7, 11) is 1.55. The Hall–Kier alpha value is -2.27. The van der Waals surface area contributed by atoms with Gasteiger partial charge in [0.15, 0.2) is 6.10 Å². The van der Waals surface area contributed by atoms with Crippen molar-refractivity contribution in [2.45, 2.75) is 19.1 Å². The number of aromatic nitrogens is 1. The van der Waals surface area contributed by atoms with Crippen molar-refractivity contribution in [3.05, 3.63) is 52.7 Å². The standard InChI is InChI=1S/C16H15ClN2O3/c1-21-16-10(3-2-6-18-16)9-19-15(20)14-8-11-7-12(17)4-5-13(11)22-14/h2-7,14H,8-9H2,1H3,(H,19,20)/t14-/m0/s1. The molecule has 0 fully saturated rings. The molecule has 1 aromatic heterocycles. The number of ether oxygens (including phenoxy) is 2. The molecule has 0 spiro atoms. The molecule has 0 bridgehead atoms. The third-order valence-electron chi connectivity index (χ3n) is 3.49. The number of hydrogen-bond acceptors (Lipinski definition) is 4. The van der Waals surface area contributed by atoms with E-state index in [2.05, 4.69) is 10.3 Å². The van der Waals surface area contributed by atoms with Gasteiger partial charge in [-0.15, -0.1) is 0 Å². The fourth-order valence-corrected chi connectivity index (χ4v) is 2.60. The normalized spacial score (nSPS) is 15.8. The van der Waals surface area contributed by atoms with Crippen molar-refractivity contribution in [2.24, 2.45) is 0 Å². The van der Waals surface area contributed by atoms with Crippen LogP contribution >= 0.6 is 11.6 Å². The summed E-state index contributed by atoms with van der Waals surface area (Å²) in [4.78, 5) is 16.3. The van der Waals surface area contributed by atoms with Gasteiger partial charge in [0, 0.05) is 29.7 Å². The molecule has 0 unspecified atom stereocenters. The smallest absolute Gasteiger partial charge is 0.261 e. The number of amides is 1. The molecule has 5 nitrogen and oxygen atoms in total. The lowest BCUT2D eigenvalue weighted by atomic mass is 10.1. The highest BCUT2D eigenvalue weighted by molar-refractivity contribution is 6.30. The Morgan fingerprint density at radius 3 is 3.18 bits per heavy atom. The second-order valence-electron chi connectivity index (χ2n) is 4.95. The van der Waals surface area contributed by atoms with E-state index in [0.29, 0.717) is 29.6 Å². The number of nitrogens with one attached hydrogen (secondary N) is 1. The van der Waals surface area contributed by atoms with E-state index >= 15 is 0 Å². The molecule has 1 atom stereocenters. The van der Waals surface area contributed by atoms with Gasteiger partial charge in [0.05, 0.1) is 7.11 Å². The molecule has 6 heteroatoms. The average Bonchev–Trinajstić information content (AvgIpc) is 2.96. The van der Waals surface area contributed by atoms with E-state index < -0.39 is 6.10 Å². The van der Waals surface area contributed by atoms with Crippen LogP contribution in [-0.4, -0.2) is 24.1 Å². The van der Waals surface area contributed by atoms with Crippen LogP contribution in [0.3, 0.4) is 0 Å². The molecule has 2 heterocycles. The van der Waals surface area contributed by atoms with Crippen LogP contribution in [0.2, 0.25) is 5.02 Å². The number of nitrogens with zero attached hydrogens (tertiary/aromatic N) is 1. The second-order valence-corrected chi connectivity index (χ2v) is 5.39. The van der Waals surface area contributed by atoms with Crippen LogP contribution in [0.1, 0.15) is 11.1 Å². The highest BCUT2D eigenvalue weighted by Crippen LogP contribution is 2.31. The molecule has 3 rings (SSSR count). The molecular weight excluding hydrogens is 304 g/mol. The molecule has 0 saturated carbocycles. The van der Waals surface area contributed by atoms with Gasteiger partial charge < -0.3 is 14.8 Å². The number of carbonyl (C=O) groups is 1. The number of carbonyl (C=O) groups excluding carboxylic acids is 1. The summed E-state index contributed by atoms with van der Waals surface area (Å²) in [6, 6.07) is 9.02. The molecule has 2 aromatic rings. The van der Waals surface area contributed by atoms with Crippen LogP contribution in [0.25, 0.3) is 0 Å². The number of pyridine rings is 1. The third kappa shape index (κ3) is 2.99. The van der Waals surface area contributed by atoms with E-state index in [4.69, 9.17) is 21.1 Å². The van der Waals surface area contributed by atoms with Crippen molar-refractivity contribution >= 4 is 17.5 Å². The van der Waals surface area contributed by atoms with Gasteiger partial charge in [-0.3, -0.25) is 4.79 Å². The van der Waals surface area contributed by atoms with Crippen molar-refractivity contribution in [1.82, 2.24) is 10.3 Å². The van der Waals surface area contributed by atoms with Crippen molar-refractivity contribution in [3.63, 3.8) is 0 Å². The lowest BCUT2D eigenvalue weighted by Crippen LogP contribution is -2.37. The van der Waals surface area contributed by atoms with E-state index in [9.17, 15) is 4.79 Å². The van der Waals surface area contributed by atoms with Crippen LogP contribution in [0.4, 0.5) is 0 Å². The zero-order valence-electron chi connectivity index (χ0n) is 12.0. The molecule has 114 valence electrons. The summed E-state index contributed by atoms with van der Waals surface area (Å²) in [5.74, 6) is 1.05. The molecule has 1 aliphatic heterocycles. The van der Waals surface area contributed by atoms with Crippen molar-refractivity contribution < 1.29 is 14.3 Å². The van der Waals surface area contributed by atoms with E-state index in [0.717, 1.165) is 11.1 Å². The molecule has 1 aromatic carbocycles.